The first-order chi connectivity index (χ1) is 7.66. The van der Waals surface area contributed by atoms with Crippen LogP contribution in [-0.2, 0) is 0 Å². The summed E-state index contributed by atoms with van der Waals surface area (Å²) in [5.74, 6) is -0.235. The van der Waals surface area contributed by atoms with E-state index in [1.54, 1.807) is 0 Å². The number of hydrogen-bond acceptors (Lipinski definition) is 1. The third-order valence-electron chi connectivity index (χ3n) is 2.58. The molecule has 16 heavy (non-hydrogen) atoms. The summed E-state index contributed by atoms with van der Waals surface area (Å²) < 4.78 is 13.2. The molecular weight excluding hydrogens is 201 g/mol. The highest BCUT2D eigenvalue weighted by molar-refractivity contribution is 5.33. The second-order valence-corrected chi connectivity index (χ2v) is 3.95. The fraction of sp³-hybridized carbons (Fsp3) is 0.143. The van der Waals surface area contributed by atoms with Crippen LogP contribution in [-0.4, -0.2) is 0 Å². The van der Waals surface area contributed by atoms with E-state index in [0.29, 0.717) is 0 Å². The van der Waals surface area contributed by atoms with Crippen LogP contribution in [0.2, 0.25) is 0 Å². The second-order valence-electron chi connectivity index (χ2n) is 3.95. The van der Waals surface area contributed by atoms with Crippen molar-refractivity contribution in [1.82, 2.24) is 0 Å². The Morgan fingerprint density at radius 2 is 1.69 bits per heavy atom. The van der Waals surface area contributed by atoms with Crippen LogP contribution in [0.3, 0.4) is 0 Å². The van der Waals surface area contributed by atoms with E-state index in [1.165, 1.54) is 12.1 Å². The number of rotatable bonds is 2. The molecule has 1 unspecified atom stereocenters. The molecule has 0 saturated heterocycles. The lowest BCUT2D eigenvalue weighted by atomic mass is 9.98. The highest BCUT2D eigenvalue weighted by Crippen LogP contribution is 2.21. The minimum atomic E-state index is -0.268. The average molecular weight is 215 g/mol. The normalized spacial score (nSPS) is 12.4. The smallest absolute Gasteiger partial charge is 0.123 e. The van der Waals surface area contributed by atoms with Gasteiger partial charge in [0.15, 0.2) is 0 Å². The number of aryl methyl sites for hydroxylation is 1. The quantitative estimate of drug-likeness (QED) is 0.818. The zero-order chi connectivity index (χ0) is 11.5. The number of halogens is 1. The fourth-order valence-electron chi connectivity index (χ4n) is 1.80. The molecule has 1 atom stereocenters. The van der Waals surface area contributed by atoms with Crippen molar-refractivity contribution in [1.29, 1.82) is 0 Å². The fourth-order valence-corrected chi connectivity index (χ4v) is 1.80. The predicted octanol–water partition coefficient (Wildman–Crippen LogP) is 3.18. The van der Waals surface area contributed by atoms with Crippen molar-refractivity contribution in [3.63, 3.8) is 0 Å². The van der Waals surface area contributed by atoms with Crippen LogP contribution in [0.4, 0.5) is 4.39 Å². The van der Waals surface area contributed by atoms with Gasteiger partial charge in [0, 0.05) is 0 Å². The van der Waals surface area contributed by atoms with Crippen molar-refractivity contribution in [2.24, 2.45) is 5.73 Å². The van der Waals surface area contributed by atoms with Crippen LogP contribution in [0.15, 0.2) is 48.5 Å². The van der Waals surface area contributed by atoms with Crippen molar-refractivity contribution in [3.05, 3.63) is 71.0 Å². The molecule has 0 aliphatic rings. The summed E-state index contributed by atoms with van der Waals surface area (Å²) in [7, 11) is 0. The van der Waals surface area contributed by atoms with Crippen LogP contribution in [0.25, 0.3) is 0 Å². The SMILES string of the molecule is Cc1cc(F)cc(C(N)c2ccccc2)c1. The average Bonchev–Trinajstić information content (AvgIpc) is 2.28. The van der Waals surface area contributed by atoms with Crippen LogP contribution < -0.4 is 5.73 Å². The Bertz CT molecular complexity index is 459. The lowest BCUT2D eigenvalue weighted by Crippen LogP contribution is -2.12. The second kappa shape index (κ2) is 4.45. The Kier molecular flexibility index (Phi) is 3.02. The molecule has 0 amide bonds. The molecule has 2 heteroatoms. The molecule has 2 aromatic carbocycles. The molecule has 82 valence electrons. The van der Waals surface area contributed by atoms with Gasteiger partial charge in [-0.05, 0) is 35.7 Å². The summed E-state index contributed by atoms with van der Waals surface area (Å²) in [5.41, 5.74) is 8.78. The van der Waals surface area contributed by atoms with Crippen LogP contribution in [0, 0.1) is 12.7 Å². The highest BCUT2D eigenvalue weighted by Gasteiger charge is 2.09. The van der Waals surface area contributed by atoms with Gasteiger partial charge in [0.2, 0.25) is 0 Å². The van der Waals surface area contributed by atoms with E-state index in [-0.39, 0.29) is 11.9 Å². The topological polar surface area (TPSA) is 26.0 Å². The first-order valence-electron chi connectivity index (χ1n) is 5.24. The molecule has 2 N–H and O–H groups in total. The van der Waals surface area contributed by atoms with Gasteiger partial charge >= 0.3 is 0 Å². The van der Waals surface area contributed by atoms with E-state index in [0.717, 1.165) is 16.7 Å². The van der Waals surface area contributed by atoms with Crippen molar-refractivity contribution >= 4 is 0 Å². The third kappa shape index (κ3) is 2.28. The van der Waals surface area contributed by atoms with Crippen LogP contribution in [0.5, 0.6) is 0 Å². The van der Waals surface area contributed by atoms with Crippen molar-refractivity contribution in [2.75, 3.05) is 0 Å². The molecule has 0 radical (unpaired) electrons. The molecule has 0 spiro atoms. The minimum absolute atomic E-state index is 0.235. The molecule has 1 nitrogen and oxygen atoms in total. The molecule has 0 aliphatic heterocycles. The Morgan fingerprint density at radius 3 is 2.31 bits per heavy atom. The largest absolute Gasteiger partial charge is 0.320 e. The lowest BCUT2D eigenvalue weighted by molar-refractivity contribution is 0.622. The number of nitrogens with two attached hydrogens (primary N) is 1. The van der Waals surface area contributed by atoms with Gasteiger partial charge in [-0.3, -0.25) is 0 Å². The van der Waals surface area contributed by atoms with Crippen LogP contribution in [0.1, 0.15) is 22.7 Å². The van der Waals surface area contributed by atoms with Gasteiger partial charge in [-0.15, -0.1) is 0 Å². The maximum atomic E-state index is 13.2. The van der Waals surface area contributed by atoms with E-state index in [9.17, 15) is 4.39 Å². The van der Waals surface area contributed by atoms with Crippen molar-refractivity contribution < 1.29 is 4.39 Å². The first-order valence-corrected chi connectivity index (χ1v) is 5.24. The predicted molar refractivity (Wildman–Crippen MR) is 63.6 cm³/mol. The van der Waals surface area contributed by atoms with Crippen LogP contribution >= 0.6 is 0 Å². The molecule has 0 aliphatic carbocycles. The van der Waals surface area contributed by atoms with Gasteiger partial charge in [0.25, 0.3) is 0 Å². The highest BCUT2D eigenvalue weighted by atomic mass is 19.1. The first kappa shape index (κ1) is 10.8. The van der Waals surface area contributed by atoms with Gasteiger partial charge in [0.1, 0.15) is 5.82 Å². The minimum Gasteiger partial charge on any atom is -0.320 e. The van der Waals surface area contributed by atoms with E-state index >= 15 is 0 Å². The zero-order valence-electron chi connectivity index (χ0n) is 9.15. The summed E-state index contributed by atoms with van der Waals surface area (Å²) in [6.45, 7) is 1.87. The third-order valence-corrected chi connectivity index (χ3v) is 2.58. The monoisotopic (exact) mass is 215 g/mol. The number of hydrogen-bond donors (Lipinski definition) is 1. The number of benzene rings is 2. The molecule has 2 rings (SSSR count). The summed E-state index contributed by atoms with van der Waals surface area (Å²) >= 11 is 0. The van der Waals surface area contributed by atoms with Gasteiger partial charge in [0.05, 0.1) is 6.04 Å². The standard InChI is InChI=1S/C14H14FN/c1-10-7-12(9-13(15)8-10)14(16)11-5-3-2-4-6-11/h2-9,14H,16H2,1H3. The Hall–Kier alpha value is -1.67. The van der Waals surface area contributed by atoms with Gasteiger partial charge in [-0.25, -0.2) is 4.39 Å². The Morgan fingerprint density at radius 1 is 1.00 bits per heavy atom. The molecule has 0 bridgehead atoms. The van der Waals surface area contributed by atoms with Gasteiger partial charge in [-0.1, -0.05) is 36.4 Å². The molecule has 0 fully saturated rings. The van der Waals surface area contributed by atoms with E-state index in [2.05, 4.69) is 0 Å². The summed E-state index contributed by atoms with van der Waals surface area (Å²) in [6.07, 6.45) is 0. The van der Waals surface area contributed by atoms with Crippen molar-refractivity contribution in [3.8, 4) is 0 Å². The van der Waals surface area contributed by atoms with Gasteiger partial charge < -0.3 is 5.73 Å². The van der Waals surface area contributed by atoms with Crippen molar-refractivity contribution in [2.45, 2.75) is 13.0 Å². The lowest BCUT2D eigenvalue weighted by Gasteiger charge is -2.13. The van der Waals surface area contributed by atoms with E-state index in [4.69, 9.17) is 5.73 Å². The maximum absolute atomic E-state index is 13.2. The van der Waals surface area contributed by atoms with E-state index in [1.807, 2.05) is 43.3 Å². The maximum Gasteiger partial charge on any atom is 0.123 e. The molecule has 0 heterocycles. The Labute approximate surface area is 94.7 Å². The molecular formula is C14H14FN. The van der Waals surface area contributed by atoms with Gasteiger partial charge in [-0.2, -0.15) is 0 Å². The summed E-state index contributed by atoms with van der Waals surface area (Å²) in [6, 6.07) is 14.3. The Balaban J connectivity index is 2.37. The molecule has 0 aromatic heterocycles. The molecule has 2 aromatic rings. The summed E-state index contributed by atoms with van der Waals surface area (Å²) in [4.78, 5) is 0. The van der Waals surface area contributed by atoms with E-state index < -0.39 is 0 Å². The molecule has 0 saturated carbocycles. The summed E-state index contributed by atoms with van der Waals surface area (Å²) in [5, 5.41) is 0. The zero-order valence-corrected chi connectivity index (χ0v) is 9.15.